The SMILES string of the molecule is O=C(OC[C@@H]1O[C@H]1COCc1ccccc1)c1ccc([N+](=O)[O-])cc1. The predicted octanol–water partition coefficient (Wildman–Crippen LogP) is 2.74. The van der Waals surface area contributed by atoms with Crippen LogP contribution in [0.15, 0.2) is 54.6 Å². The molecule has 130 valence electrons. The first-order valence-electron chi connectivity index (χ1n) is 7.82. The van der Waals surface area contributed by atoms with Gasteiger partial charge in [0.15, 0.2) is 0 Å². The molecule has 0 radical (unpaired) electrons. The van der Waals surface area contributed by atoms with Gasteiger partial charge in [-0.15, -0.1) is 0 Å². The molecule has 25 heavy (non-hydrogen) atoms. The summed E-state index contributed by atoms with van der Waals surface area (Å²) in [4.78, 5) is 21.9. The molecule has 2 aromatic carbocycles. The summed E-state index contributed by atoms with van der Waals surface area (Å²) < 4.78 is 16.1. The molecule has 0 aliphatic carbocycles. The van der Waals surface area contributed by atoms with Crippen LogP contribution in [0.4, 0.5) is 5.69 Å². The van der Waals surface area contributed by atoms with Gasteiger partial charge in [0.05, 0.1) is 23.7 Å². The summed E-state index contributed by atoms with van der Waals surface area (Å²) in [6, 6.07) is 15.1. The first kappa shape index (κ1) is 17.1. The molecule has 7 nitrogen and oxygen atoms in total. The third-order valence-corrected chi connectivity index (χ3v) is 3.77. The zero-order chi connectivity index (χ0) is 17.6. The second-order valence-corrected chi connectivity index (χ2v) is 5.62. The smallest absolute Gasteiger partial charge is 0.338 e. The van der Waals surface area contributed by atoms with Crippen molar-refractivity contribution in [1.29, 1.82) is 0 Å². The molecule has 7 heteroatoms. The molecule has 0 N–H and O–H groups in total. The van der Waals surface area contributed by atoms with Crippen molar-refractivity contribution in [2.45, 2.75) is 18.8 Å². The number of epoxide rings is 1. The summed E-state index contributed by atoms with van der Waals surface area (Å²) in [6.45, 7) is 1.08. The van der Waals surface area contributed by atoms with Gasteiger partial charge in [0.25, 0.3) is 5.69 Å². The van der Waals surface area contributed by atoms with Gasteiger partial charge in [0, 0.05) is 12.1 Å². The van der Waals surface area contributed by atoms with Gasteiger partial charge in [-0.05, 0) is 17.7 Å². The number of nitro groups is 1. The minimum absolute atomic E-state index is 0.0716. The van der Waals surface area contributed by atoms with E-state index < -0.39 is 10.9 Å². The zero-order valence-corrected chi connectivity index (χ0v) is 13.4. The van der Waals surface area contributed by atoms with Gasteiger partial charge < -0.3 is 14.2 Å². The molecular weight excluding hydrogens is 326 g/mol. The number of hydrogen-bond acceptors (Lipinski definition) is 6. The monoisotopic (exact) mass is 343 g/mol. The maximum Gasteiger partial charge on any atom is 0.338 e. The van der Waals surface area contributed by atoms with Gasteiger partial charge in [-0.1, -0.05) is 30.3 Å². The van der Waals surface area contributed by atoms with E-state index in [4.69, 9.17) is 14.2 Å². The van der Waals surface area contributed by atoms with E-state index in [0.29, 0.717) is 13.2 Å². The highest BCUT2D eigenvalue weighted by molar-refractivity contribution is 5.89. The van der Waals surface area contributed by atoms with Crippen LogP contribution in [-0.2, 0) is 20.8 Å². The van der Waals surface area contributed by atoms with E-state index in [9.17, 15) is 14.9 Å². The summed E-state index contributed by atoms with van der Waals surface area (Å²) in [7, 11) is 0. The third kappa shape index (κ3) is 4.85. The second-order valence-electron chi connectivity index (χ2n) is 5.62. The summed E-state index contributed by atoms with van der Waals surface area (Å²) in [5, 5.41) is 10.6. The number of benzene rings is 2. The molecule has 2 atom stereocenters. The Morgan fingerprint density at radius 2 is 1.72 bits per heavy atom. The van der Waals surface area contributed by atoms with Crippen LogP contribution in [0.5, 0.6) is 0 Å². The van der Waals surface area contributed by atoms with Crippen molar-refractivity contribution in [2.24, 2.45) is 0 Å². The zero-order valence-electron chi connectivity index (χ0n) is 13.4. The first-order valence-corrected chi connectivity index (χ1v) is 7.82. The Bertz CT molecular complexity index is 731. The van der Waals surface area contributed by atoms with Crippen molar-refractivity contribution in [3.63, 3.8) is 0 Å². The Kier molecular flexibility index (Phi) is 5.37. The molecule has 3 rings (SSSR count). The highest BCUT2D eigenvalue weighted by atomic mass is 16.6. The minimum atomic E-state index is -0.533. The van der Waals surface area contributed by atoms with Gasteiger partial charge in [0.2, 0.25) is 0 Å². The Morgan fingerprint density at radius 3 is 2.40 bits per heavy atom. The number of nitro benzene ring substituents is 1. The largest absolute Gasteiger partial charge is 0.459 e. The van der Waals surface area contributed by atoms with Crippen LogP contribution in [0, 0.1) is 10.1 Å². The fraction of sp³-hybridized carbons (Fsp3) is 0.278. The average molecular weight is 343 g/mol. The molecule has 1 aliphatic heterocycles. The van der Waals surface area contributed by atoms with Crippen molar-refractivity contribution >= 4 is 11.7 Å². The van der Waals surface area contributed by atoms with E-state index in [1.54, 1.807) is 0 Å². The van der Waals surface area contributed by atoms with Crippen LogP contribution >= 0.6 is 0 Å². The van der Waals surface area contributed by atoms with E-state index >= 15 is 0 Å². The normalized spacial score (nSPS) is 18.6. The van der Waals surface area contributed by atoms with Crippen LogP contribution in [0.2, 0.25) is 0 Å². The second kappa shape index (κ2) is 7.87. The lowest BCUT2D eigenvalue weighted by molar-refractivity contribution is -0.384. The van der Waals surface area contributed by atoms with Crippen molar-refractivity contribution in [3.05, 3.63) is 75.8 Å². The number of carbonyl (C=O) groups excluding carboxylic acids is 1. The molecule has 0 saturated carbocycles. The van der Waals surface area contributed by atoms with Crippen LogP contribution in [0.1, 0.15) is 15.9 Å². The quantitative estimate of drug-likeness (QED) is 0.317. The summed E-state index contributed by atoms with van der Waals surface area (Å²) in [6.07, 6.45) is -0.244. The molecule has 0 spiro atoms. The van der Waals surface area contributed by atoms with Crippen LogP contribution in [0.25, 0.3) is 0 Å². The number of nitrogens with zero attached hydrogens (tertiary/aromatic N) is 1. The average Bonchev–Trinajstić information content (AvgIpc) is 3.39. The molecule has 0 amide bonds. The lowest BCUT2D eigenvalue weighted by atomic mass is 10.2. The van der Waals surface area contributed by atoms with E-state index in [-0.39, 0.29) is 30.1 Å². The first-order chi connectivity index (χ1) is 12.1. The van der Waals surface area contributed by atoms with E-state index in [1.807, 2.05) is 30.3 Å². The highest BCUT2D eigenvalue weighted by Gasteiger charge is 2.40. The molecule has 0 unspecified atom stereocenters. The van der Waals surface area contributed by atoms with Crippen molar-refractivity contribution in [2.75, 3.05) is 13.2 Å². The molecule has 0 bridgehead atoms. The van der Waals surface area contributed by atoms with Crippen molar-refractivity contribution in [1.82, 2.24) is 0 Å². The summed E-state index contributed by atoms with van der Waals surface area (Å²) in [5.41, 5.74) is 1.28. The van der Waals surface area contributed by atoms with Gasteiger partial charge in [0.1, 0.15) is 18.8 Å². The highest BCUT2D eigenvalue weighted by Crippen LogP contribution is 2.23. The molecule has 1 saturated heterocycles. The Morgan fingerprint density at radius 1 is 1.04 bits per heavy atom. The Hall–Kier alpha value is -2.77. The number of esters is 1. The predicted molar refractivity (Wildman–Crippen MR) is 88.1 cm³/mol. The third-order valence-electron chi connectivity index (χ3n) is 3.77. The number of non-ortho nitro benzene ring substituents is 1. The van der Waals surface area contributed by atoms with Gasteiger partial charge in [-0.3, -0.25) is 10.1 Å². The summed E-state index contributed by atoms with van der Waals surface area (Å²) >= 11 is 0. The molecule has 0 aromatic heterocycles. The number of carbonyl (C=O) groups is 1. The summed E-state index contributed by atoms with van der Waals surface area (Å²) in [5.74, 6) is -0.533. The minimum Gasteiger partial charge on any atom is -0.459 e. The number of ether oxygens (including phenoxy) is 3. The van der Waals surface area contributed by atoms with E-state index in [2.05, 4.69) is 0 Å². The van der Waals surface area contributed by atoms with Crippen molar-refractivity contribution < 1.29 is 23.9 Å². The lowest BCUT2D eigenvalue weighted by Crippen LogP contribution is -2.13. The molecular formula is C18H17NO6. The van der Waals surface area contributed by atoms with Crippen molar-refractivity contribution in [3.8, 4) is 0 Å². The Balaban J connectivity index is 1.35. The topological polar surface area (TPSA) is 91.2 Å². The Labute approximate surface area is 144 Å². The van der Waals surface area contributed by atoms with Crippen LogP contribution < -0.4 is 0 Å². The maximum absolute atomic E-state index is 11.9. The molecule has 1 aliphatic rings. The molecule has 2 aromatic rings. The van der Waals surface area contributed by atoms with E-state index in [0.717, 1.165) is 5.56 Å². The molecule has 1 fully saturated rings. The number of hydrogen-bond donors (Lipinski definition) is 0. The van der Waals surface area contributed by atoms with E-state index in [1.165, 1.54) is 24.3 Å². The fourth-order valence-corrected chi connectivity index (χ4v) is 2.30. The number of rotatable bonds is 8. The standard InChI is InChI=1S/C18H17NO6/c20-18(14-6-8-15(9-7-14)19(21)22)24-12-17-16(25-17)11-23-10-13-4-2-1-3-5-13/h1-9,16-17H,10-12H2/t16-,17-/m0/s1. The van der Waals surface area contributed by atoms with Crippen LogP contribution in [-0.4, -0.2) is 36.3 Å². The molecule has 1 heterocycles. The maximum atomic E-state index is 11.9. The fourth-order valence-electron chi connectivity index (χ4n) is 2.30. The van der Waals surface area contributed by atoms with Crippen LogP contribution in [0.3, 0.4) is 0 Å². The van der Waals surface area contributed by atoms with Gasteiger partial charge >= 0.3 is 5.97 Å². The van der Waals surface area contributed by atoms with Gasteiger partial charge in [-0.2, -0.15) is 0 Å². The van der Waals surface area contributed by atoms with Gasteiger partial charge in [-0.25, -0.2) is 4.79 Å². The lowest BCUT2D eigenvalue weighted by Gasteiger charge is -2.03.